The van der Waals surface area contributed by atoms with Crippen LogP contribution < -0.4 is 10.2 Å². The molecule has 1 aromatic heterocycles. The Morgan fingerprint density at radius 1 is 1.00 bits per heavy atom. The molecule has 0 spiro atoms. The predicted octanol–water partition coefficient (Wildman–Crippen LogP) is 2.10. The summed E-state index contributed by atoms with van der Waals surface area (Å²) in [5.74, 6) is 0.207. The van der Waals surface area contributed by atoms with Crippen molar-refractivity contribution in [3.8, 4) is 0 Å². The van der Waals surface area contributed by atoms with Gasteiger partial charge in [-0.2, -0.15) is 0 Å². The lowest BCUT2D eigenvalue weighted by atomic mass is 9.89. The lowest BCUT2D eigenvalue weighted by Gasteiger charge is -2.38. The number of piperazine rings is 1. The van der Waals surface area contributed by atoms with Crippen LogP contribution >= 0.6 is 0 Å². The molecule has 2 aromatic rings. The quantitative estimate of drug-likeness (QED) is 0.838. The first kappa shape index (κ1) is 18.8. The van der Waals surface area contributed by atoms with Crippen LogP contribution in [0.25, 0.3) is 0 Å². The summed E-state index contributed by atoms with van der Waals surface area (Å²) >= 11 is 0. The molecule has 2 heterocycles. The molecule has 0 atom stereocenters. The van der Waals surface area contributed by atoms with Crippen LogP contribution in [0.4, 0.5) is 11.6 Å². The summed E-state index contributed by atoms with van der Waals surface area (Å²) in [6.07, 6.45) is 3.41. The SMILES string of the molecule is Cc1ccccc1NC(=O)C(C)(C)C(=O)N1CCN(c2ncccn2)CC1. The molecule has 3 rings (SSSR count). The van der Waals surface area contributed by atoms with Gasteiger partial charge in [-0.1, -0.05) is 18.2 Å². The van der Waals surface area contributed by atoms with Crippen molar-refractivity contribution < 1.29 is 9.59 Å². The standard InChI is InChI=1S/C20H25N5O2/c1-15-7-4-5-8-16(15)23-17(26)20(2,3)18(27)24-11-13-25(14-12-24)19-21-9-6-10-22-19/h4-10H,11-14H2,1-3H3,(H,23,26). The number of para-hydroxylation sites is 1. The Bertz CT molecular complexity index is 814. The first-order valence-electron chi connectivity index (χ1n) is 9.08. The lowest BCUT2D eigenvalue weighted by molar-refractivity contribution is -0.146. The maximum atomic E-state index is 13.0. The van der Waals surface area contributed by atoms with Gasteiger partial charge in [0.05, 0.1) is 0 Å². The zero-order chi connectivity index (χ0) is 19.4. The van der Waals surface area contributed by atoms with Crippen molar-refractivity contribution in [2.75, 3.05) is 36.4 Å². The zero-order valence-corrected chi connectivity index (χ0v) is 16.0. The topological polar surface area (TPSA) is 78.4 Å². The van der Waals surface area contributed by atoms with Crippen LogP contribution in [0.5, 0.6) is 0 Å². The number of nitrogens with zero attached hydrogens (tertiary/aromatic N) is 4. The van der Waals surface area contributed by atoms with Gasteiger partial charge in [0.15, 0.2) is 0 Å². The number of aromatic nitrogens is 2. The molecule has 1 saturated heterocycles. The van der Waals surface area contributed by atoms with Crippen molar-refractivity contribution in [2.45, 2.75) is 20.8 Å². The van der Waals surface area contributed by atoms with Crippen LogP contribution in [-0.2, 0) is 9.59 Å². The maximum Gasteiger partial charge on any atom is 0.239 e. The summed E-state index contributed by atoms with van der Waals surface area (Å²) in [7, 11) is 0. The molecule has 0 radical (unpaired) electrons. The van der Waals surface area contributed by atoms with Crippen LogP contribution in [0.1, 0.15) is 19.4 Å². The number of anilines is 2. The monoisotopic (exact) mass is 367 g/mol. The number of nitrogens with one attached hydrogen (secondary N) is 1. The number of hydrogen-bond acceptors (Lipinski definition) is 5. The summed E-state index contributed by atoms with van der Waals surface area (Å²) in [5.41, 5.74) is 0.549. The molecule has 0 saturated carbocycles. The fourth-order valence-corrected chi connectivity index (χ4v) is 3.05. The normalized spacial score (nSPS) is 14.8. The average molecular weight is 367 g/mol. The molecule has 2 amide bonds. The highest BCUT2D eigenvalue weighted by Crippen LogP contribution is 2.24. The number of amides is 2. The van der Waals surface area contributed by atoms with E-state index in [0.29, 0.717) is 32.1 Å². The van der Waals surface area contributed by atoms with E-state index >= 15 is 0 Å². The Balaban J connectivity index is 1.62. The van der Waals surface area contributed by atoms with E-state index in [9.17, 15) is 9.59 Å². The first-order valence-corrected chi connectivity index (χ1v) is 9.08. The molecule has 142 valence electrons. The van der Waals surface area contributed by atoms with E-state index in [-0.39, 0.29) is 11.8 Å². The van der Waals surface area contributed by atoms with Gasteiger partial charge in [0.1, 0.15) is 5.41 Å². The molecule has 1 N–H and O–H groups in total. The predicted molar refractivity (Wildman–Crippen MR) is 104 cm³/mol. The van der Waals surface area contributed by atoms with Crippen LogP contribution in [0, 0.1) is 12.3 Å². The Hall–Kier alpha value is -2.96. The minimum absolute atomic E-state index is 0.165. The Morgan fingerprint density at radius 3 is 2.26 bits per heavy atom. The molecule has 0 bridgehead atoms. The summed E-state index contributed by atoms with van der Waals surface area (Å²) in [4.78, 5) is 38.1. The van der Waals surface area contributed by atoms with Gasteiger partial charge in [-0.3, -0.25) is 9.59 Å². The highest BCUT2D eigenvalue weighted by Gasteiger charge is 2.40. The second kappa shape index (κ2) is 7.73. The van der Waals surface area contributed by atoms with E-state index in [2.05, 4.69) is 15.3 Å². The third-order valence-corrected chi connectivity index (χ3v) is 4.90. The van der Waals surface area contributed by atoms with Crippen molar-refractivity contribution in [1.29, 1.82) is 0 Å². The Morgan fingerprint density at radius 2 is 1.63 bits per heavy atom. The number of hydrogen-bond donors (Lipinski definition) is 1. The maximum absolute atomic E-state index is 13.0. The third kappa shape index (κ3) is 4.07. The van der Waals surface area contributed by atoms with Gasteiger partial charge in [-0.05, 0) is 38.5 Å². The first-order chi connectivity index (χ1) is 12.9. The number of carbonyl (C=O) groups is 2. The highest BCUT2D eigenvalue weighted by molar-refractivity contribution is 6.10. The molecule has 1 aliphatic heterocycles. The number of rotatable bonds is 4. The molecule has 7 heteroatoms. The molecule has 27 heavy (non-hydrogen) atoms. The highest BCUT2D eigenvalue weighted by atomic mass is 16.2. The van der Waals surface area contributed by atoms with Crippen LogP contribution in [0.3, 0.4) is 0 Å². The van der Waals surface area contributed by atoms with Crippen molar-refractivity contribution in [3.63, 3.8) is 0 Å². The molecule has 0 unspecified atom stereocenters. The molecular weight excluding hydrogens is 342 g/mol. The minimum Gasteiger partial charge on any atom is -0.338 e. The summed E-state index contributed by atoms with van der Waals surface area (Å²) in [5, 5.41) is 2.89. The number of carbonyl (C=O) groups excluding carboxylic acids is 2. The summed E-state index contributed by atoms with van der Waals surface area (Å²) < 4.78 is 0. The largest absolute Gasteiger partial charge is 0.338 e. The van der Waals surface area contributed by atoms with Crippen LogP contribution in [0.2, 0.25) is 0 Å². The van der Waals surface area contributed by atoms with Gasteiger partial charge in [-0.15, -0.1) is 0 Å². The van der Waals surface area contributed by atoms with Crippen molar-refractivity contribution in [2.24, 2.45) is 5.41 Å². The molecule has 1 aliphatic rings. The smallest absolute Gasteiger partial charge is 0.239 e. The van der Waals surface area contributed by atoms with Crippen LogP contribution in [-0.4, -0.2) is 52.9 Å². The number of benzene rings is 1. The molecule has 7 nitrogen and oxygen atoms in total. The second-order valence-corrected chi connectivity index (χ2v) is 7.22. The van der Waals surface area contributed by atoms with E-state index < -0.39 is 5.41 Å². The number of aryl methyl sites for hydroxylation is 1. The van der Waals surface area contributed by atoms with Gasteiger partial charge in [-0.25, -0.2) is 9.97 Å². The average Bonchev–Trinajstić information content (AvgIpc) is 2.70. The van der Waals surface area contributed by atoms with E-state index in [1.54, 1.807) is 37.2 Å². The van der Waals surface area contributed by atoms with Crippen molar-refractivity contribution in [1.82, 2.24) is 14.9 Å². The van der Waals surface area contributed by atoms with E-state index in [1.165, 1.54) is 0 Å². The molecule has 0 aliphatic carbocycles. The van der Waals surface area contributed by atoms with Crippen molar-refractivity contribution in [3.05, 3.63) is 48.3 Å². The fourth-order valence-electron chi connectivity index (χ4n) is 3.05. The molecular formula is C20H25N5O2. The Kier molecular flexibility index (Phi) is 5.39. The van der Waals surface area contributed by atoms with Crippen molar-refractivity contribution >= 4 is 23.5 Å². The van der Waals surface area contributed by atoms with E-state index in [0.717, 1.165) is 11.3 Å². The fraction of sp³-hybridized carbons (Fsp3) is 0.400. The van der Waals surface area contributed by atoms with Crippen LogP contribution in [0.15, 0.2) is 42.7 Å². The van der Waals surface area contributed by atoms with Gasteiger partial charge < -0.3 is 15.1 Å². The summed E-state index contributed by atoms with van der Waals surface area (Å²) in [6, 6.07) is 9.32. The van der Waals surface area contributed by atoms with E-state index in [1.807, 2.05) is 36.1 Å². The third-order valence-electron chi connectivity index (χ3n) is 4.90. The second-order valence-electron chi connectivity index (χ2n) is 7.22. The van der Waals surface area contributed by atoms with Gasteiger partial charge >= 0.3 is 0 Å². The molecule has 1 aromatic carbocycles. The van der Waals surface area contributed by atoms with Gasteiger partial charge in [0, 0.05) is 44.3 Å². The zero-order valence-electron chi connectivity index (χ0n) is 16.0. The van der Waals surface area contributed by atoms with Gasteiger partial charge in [0.2, 0.25) is 17.8 Å². The summed E-state index contributed by atoms with van der Waals surface area (Å²) in [6.45, 7) is 7.65. The molecule has 1 fully saturated rings. The Labute approximate surface area is 159 Å². The lowest BCUT2D eigenvalue weighted by Crippen LogP contribution is -2.54. The minimum atomic E-state index is -1.15. The van der Waals surface area contributed by atoms with E-state index in [4.69, 9.17) is 0 Å². The van der Waals surface area contributed by atoms with Gasteiger partial charge in [0.25, 0.3) is 0 Å².